The summed E-state index contributed by atoms with van der Waals surface area (Å²) >= 11 is 0. The standard InChI is InChI=1S/C16H20N2/c1-2-13-4-3-5-15(12-13)16(17)7-6-14-8-10-18-11-9-14/h3-5,8-12,16H,2,6-7,17H2,1H3. The normalized spacial score (nSPS) is 12.3. The molecule has 0 aliphatic heterocycles. The van der Waals surface area contributed by atoms with Crippen molar-refractivity contribution in [3.63, 3.8) is 0 Å². The Kier molecular flexibility index (Phi) is 4.48. The third-order valence-corrected chi connectivity index (χ3v) is 3.28. The second kappa shape index (κ2) is 6.31. The second-order valence-corrected chi connectivity index (χ2v) is 4.60. The van der Waals surface area contributed by atoms with E-state index in [2.05, 4.69) is 48.3 Å². The number of benzene rings is 1. The summed E-state index contributed by atoms with van der Waals surface area (Å²) in [4.78, 5) is 4.02. The molecule has 0 saturated carbocycles. The molecule has 2 N–H and O–H groups in total. The molecule has 2 rings (SSSR count). The highest BCUT2D eigenvalue weighted by Gasteiger charge is 2.06. The molecule has 0 aliphatic carbocycles. The zero-order chi connectivity index (χ0) is 12.8. The Labute approximate surface area is 109 Å². The number of nitrogens with two attached hydrogens (primary N) is 1. The van der Waals surface area contributed by atoms with Crippen LogP contribution in [0, 0.1) is 0 Å². The highest BCUT2D eigenvalue weighted by Crippen LogP contribution is 2.18. The third-order valence-electron chi connectivity index (χ3n) is 3.28. The van der Waals surface area contributed by atoms with Gasteiger partial charge in [-0.3, -0.25) is 4.98 Å². The lowest BCUT2D eigenvalue weighted by atomic mass is 9.98. The first-order chi connectivity index (χ1) is 8.79. The molecule has 0 bridgehead atoms. The van der Waals surface area contributed by atoms with Crippen LogP contribution in [0.3, 0.4) is 0 Å². The summed E-state index contributed by atoms with van der Waals surface area (Å²) in [6, 6.07) is 12.8. The highest BCUT2D eigenvalue weighted by molar-refractivity contribution is 5.26. The van der Waals surface area contributed by atoms with Crippen molar-refractivity contribution in [2.24, 2.45) is 5.73 Å². The van der Waals surface area contributed by atoms with Gasteiger partial charge in [0, 0.05) is 18.4 Å². The molecule has 0 saturated heterocycles. The molecule has 1 unspecified atom stereocenters. The molecule has 2 heteroatoms. The van der Waals surface area contributed by atoms with Crippen LogP contribution in [-0.2, 0) is 12.8 Å². The van der Waals surface area contributed by atoms with E-state index in [4.69, 9.17) is 5.73 Å². The van der Waals surface area contributed by atoms with Crippen molar-refractivity contribution in [2.45, 2.75) is 32.2 Å². The van der Waals surface area contributed by atoms with Crippen molar-refractivity contribution in [1.82, 2.24) is 4.98 Å². The smallest absolute Gasteiger partial charge is 0.0298 e. The molecule has 1 heterocycles. The average Bonchev–Trinajstić information content (AvgIpc) is 2.46. The summed E-state index contributed by atoms with van der Waals surface area (Å²) in [6.07, 6.45) is 6.69. The van der Waals surface area contributed by atoms with Gasteiger partial charge in [-0.25, -0.2) is 0 Å². The van der Waals surface area contributed by atoms with Crippen LogP contribution in [0.2, 0.25) is 0 Å². The van der Waals surface area contributed by atoms with Crippen molar-refractivity contribution in [1.29, 1.82) is 0 Å². The molecule has 18 heavy (non-hydrogen) atoms. The lowest BCUT2D eigenvalue weighted by molar-refractivity contribution is 0.650. The Morgan fingerprint density at radius 3 is 2.61 bits per heavy atom. The number of hydrogen-bond donors (Lipinski definition) is 1. The summed E-state index contributed by atoms with van der Waals surface area (Å²) < 4.78 is 0. The van der Waals surface area contributed by atoms with Crippen LogP contribution >= 0.6 is 0 Å². The first-order valence-electron chi connectivity index (χ1n) is 6.53. The van der Waals surface area contributed by atoms with Crippen molar-refractivity contribution in [3.8, 4) is 0 Å². The number of pyridine rings is 1. The fourth-order valence-electron chi connectivity index (χ4n) is 2.08. The SMILES string of the molecule is CCc1cccc(C(N)CCc2ccncc2)c1. The topological polar surface area (TPSA) is 38.9 Å². The molecular formula is C16H20N2. The van der Waals surface area contributed by atoms with E-state index in [1.165, 1.54) is 16.7 Å². The van der Waals surface area contributed by atoms with Gasteiger partial charge in [0.1, 0.15) is 0 Å². The number of aryl methyl sites for hydroxylation is 2. The quantitative estimate of drug-likeness (QED) is 0.871. The van der Waals surface area contributed by atoms with E-state index in [0.717, 1.165) is 19.3 Å². The molecule has 2 nitrogen and oxygen atoms in total. The van der Waals surface area contributed by atoms with Gasteiger partial charge in [0.2, 0.25) is 0 Å². The van der Waals surface area contributed by atoms with Crippen LogP contribution in [0.15, 0.2) is 48.8 Å². The van der Waals surface area contributed by atoms with Crippen LogP contribution < -0.4 is 5.73 Å². The number of rotatable bonds is 5. The van der Waals surface area contributed by atoms with E-state index >= 15 is 0 Å². The van der Waals surface area contributed by atoms with E-state index in [9.17, 15) is 0 Å². The van der Waals surface area contributed by atoms with Crippen molar-refractivity contribution in [3.05, 3.63) is 65.5 Å². The first kappa shape index (κ1) is 12.8. The monoisotopic (exact) mass is 240 g/mol. The molecule has 1 aromatic carbocycles. The predicted molar refractivity (Wildman–Crippen MR) is 75.3 cm³/mol. The van der Waals surface area contributed by atoms with Gasteiger partial charge in [0.25, 0.3) is 0 Å². The van der Waals surface area contributed by atoms with E-state index < -0.39 is 0 Å². The van der Waals surface area contributed by atoms with Crippen molar-refractivity contribution < 1.29 is 0 Å². The van der Waals surface area contributed by atoms with Gasteiger partial charge >= 0.3 is 0 Å². The maximum Gasteiger partial charge on any atom is 0.0298 e. The van der Waals surface area contributed by atoms with E-state index in [0.29, 0.717) is 0 Å². The second-order valence-electron chi connectivity index (χ2n) is 4.60. The van der Waals surface area contributed by atoms with Gasteiger partial charge in [-0.2, -0.15) is 0 Å². The first-order valence-corrected chi connectivity index (χ1v) is 6.53. The Hall–Kier alpha value is -1.67. The van der Waals surface area contributed by atoms with Crippen LogP contribution in [0.4, 0.5) is 0 Å². The molecule has 0 amide bonds. The van der Waals surface area contributed by atoms with Gasteiger partial charge in [0.05, 0.1) is 0 Å². The van der Waals surface area contributed by atoms with Gasteiger partial charge in [-0.1, -0.05) is 31.2 Å². The zero-order valence-corrected chi connectivity index (χ0v) is 10.8. The van der Waals surface area contributed by atoms with Gasteiger partial charge in [0.15, 0.2) is 0 Å². The maximum atomic E-state index is 6.25. The van der Waals surface area contributed by atoms with Gasteiger partial charge in [-0.05, 0) is 48.1 Å². The third kappa shape index (κ3) is 3.41. The Morgan fingerprint density at radius 2 is 1.89 bits per heavy atom. The summed E-state index contributed by atoms with van der Waals surface area (Å²) in [6.45, 7) is 2.17. The number of aromatic nitrogens is 1. The number of hydrogen-bond acceptors (Lipinski definition) is 2. The van der Waals surface area contributed by atoms with Crippen LogP contribution in [0.1, 0.15) is 36.1 Å². The zero-order valence-electron chi connectivity index (χ0n) is 10.8. The molecule has 94 valence electrons. The Bertz CT molecular complexity index is 479. The minimum Gasteiger partial charge on any atom is -0.324 e. The van der Waals surface area contributed by atoms with Crippen LogP contribution in [0.5, 0.6) is 0 Å². The Morgan fingerprint density at radius 1 is 1.11 bits per heavy atom. The van der Waals surface area contributed by atoms with Gasteiger partial charge in [-0.15, -0.1) is 0 Å². The summed E-state index contributed by atoms with van der Waals surface area (Å²) in [5, 5.41) is 0. The van der Waals surface area contributed by atoms with E-state index in [1.54, 1.807) is 0 Å². The lowest BCUT2D eigenvalue weighted by Crippen LogP contribution is -2.11. The summed E-state index contributed by atoms with van der Waals surface area (Å²) in [5.41, 5.74) is 10.1. The van der Waals surface area contributed by atoms with E-state index in [-0.39, 0.29) is 6.04 Å². The molecule has 2 aromatic rings. The molecule has 1 aromatic heterocycles. The molecular weight excluding hydrogens is 220 g/mol. The van der Waals surface area contributed by atoms with Crippen LogP contribution in [0.25, 0.3) is 0 Å². The lowest BCUT2D eigenvalue weighted by Gasteiger charge is -2.13. The maximum absolute atomic E-state index is 6.25. The summed E-state index contributed by atoms with van der Waals surface area (Å²) in [5.74, 6) is 0. The predicted octanol–water partition coefficient (Wildman–Crippen LogP) is 3.28. The van der Waals surface area contributed by atoms with E-state index in [1.807, 2.05) is 12.4 Å². The minimum atomic E-state index is 0.115. The highest BCUT2D eigenvalue weighted by atomic mass is 14.6. The van der Waals surface area contributed by atoms with Crippen molar-refractivity contribution >= 4 is 0 Å². The molecule has 0 aliphatic rings. The average molecular weight is 240 g/mol. The fraction of sp³-hybridized carbons (Fsp3) is 0.312. The molecule has 0 spiro atoms. The molecule has 0 fully saturated rings. The summed E-state index contributed by atoms with van der Waals surface area (Å²) in [7, 11) is 0. The Balaban J connectivity index is 1.97. The molecule has 1 atom stereocenters. The van der Waals surface area contributed by atoms with Crippen LogP contribution in [-0.4, -0.2) is 4.98 Å². The fourth-order valence-corrected chi connectivity index (χ4v) is 2.08. The minimum absolute atomic E-state index is 0.115. The van der Waals surface area contributed by atoms with Gasteiger partial charge < -0.3 is 5.73 Å². The largest absolute Gasteiger partial charge is 0.324 e. The van der Waals surface area contributed by atoms with Crippen molar-refractivity contribution in [2.75, 3.05) is 0 Å². The molecule has 0 radical (unpaired) electrons. The number of nitrogens with zero attached hydrogens (tertiary/aromatic N) is 1.